The van der Waals surface area contributed by atoms with Gasteiger partial charge in [-0.05, 0) is 6.92 Å². The number of aliphatic carboxylic acids is 1. The fourth-order valence-corrected chi connectivity index (χ4v) is 0.752. The second kappa shape index (κ2) is 6.53. The molecule has 4 amide bonds. The van der Waals surface area contributed by atoms with Crippen molar-refractivity contribution in [2.24, 2.45) is 5.73 Å². The summed E-state index contributed by atoms with van der Waals surface area (Å²) in [6.07, 6.45) is 0. The van der Waals surface area contributed by atoms with Gasteiger partial charge in [-0.2, -0.15) is 0 Å². The molecule has 0 bridgehead atoms. The molecule has 0 saturated carbocycles. The molecular formula is C8H16N4O5. The van der Waals surface area contributed by atoms with E-state index in [1.54, 1.807) is 0 Å². The van der Waals surface area contributed by atoms with Gasteiger partial charge in [0.05, 0.1) is 6.54 Å². The highest BCUT2D eigenvalue weighted by molar-refractivity contribution is 5.79. The molecule has 9 heteroatoms. The predicted octanol–water partition coefficient (Wildman–Crippen LogP) is -2.21. The molecule has 0 spiro atoms. The first-order valence-corrected chi connectivity index (χ1v) is 4.76. The van der Waals surface area contributed by atoms with E-state index in [2.05, 4.69) is 16.0 Å². The first kappa shape index (κ1) is 15.0. The summed E-state index contributed by atoms with van der Waals surface area (Å²) in [5.41, 5.74) is 2.76. The maximum absolute atomic E-state index is 11.1. The maximum atomic E-state index is 11.1. The van der Waals surface area contributed by atoms with Gasteiger partial charge in [-0.3, -0.25) is 0 Å². The van der Waals surface area contributed by atoms with Crippen LogP contribution in [0.3, 0.4) is 0 Å². The molecule has 98 valence electrons. The molecule has 0 aliphatic heterocycles. The van der Waals surface area contributed by atoms with E-state index in [1.165, 1.54) is 0 Å². The van der Waals surface area contributed by atoms with Crippen LogP contribution in [-0.4, -0.2) is 53.5 Å². The number of carbonyl (C=O) groups is 3. The second-order valence-electron chi connectivity index (χ2n) is 3.48. The highest BCUT2D eigenvalue weighted by Crippen LogP contribution is 2.00. The van der Waals surface area contributed by atoms with Gasteiger partial charge in [0, 0.05) is 13.1 Å². The number of nitrogens with one attached hydrogen (secondary N) is 3. The standard InChI is InChI=1S/C8H16N4O5/c1-8(17,5(13)14)4-12-7(16)11-3-2-10-6(9)15/h17H,2-4H2,1H3,(H,13,14)(H3,9,10,15)(H2,11,12,16). The molecule has 9 nitrogen and oxygen atoms in total. The van der Waals surface area contributed by atoms with Gasteiger partial charge in [-0.1, -0.05) is 0 Å². The molecule has 0 aliphatic rings. The average molecular weight is 248 g/mol. The van der Waals surface area contributed by atoms with E-state index in [9.17, 15) is 19.5 Å². The molecule has 17 heavy (non-hydrogen) atoms. The molecule has 0 heterocycles. The minimum atomic E-state index is -2.02. The first-order valence-electron chi connectivity index (χ1n) is 4.76. The zero-order chi connectivity index (χ0) is 13.5. The predicted molar refractivity (Wildman–Crippen MR) is 57.2 cm³/mol. The van der Waals surface area contributed by atoms with Crippen molar-refractivity contribution in [2.45, 2.75) is 12.5 Å². The van der Waals surface area contributed by atoms with Gasteiger partial charge in [0.25, 0.3) is 0 Å². The van der Waals surface area contributed by atoms with Crippen molar-refractivity contribution in [1.82, 2.24) is 16.0 Å². The Morgan fingerprint density at radius 2 is 1.71 bits per heavy atom. The Hall–Kier alpha value is -2.03. The van der Waals surface area contributed by atoms with Crippen molar-refractivity contribution < 1.29 is 24.6 Å². The minimum absolute atomic E-state index is 0.129. The van der Waals surface area contributed by atoms with Crippen LogP contribution in [0.4, 0.5) is 9.59 Å². The summed E-state index contributed by atoms with van der Waals surface area (Å²) >= 11 is 0. The number of hydrogen-bond acceptors (Lipinski definition) is 4. The summed E-state index contributed by atoms with van der Waals surface area (Å²) in [5.74, 6) is -1.44. The highest BCUT2D eigenvalue weighted by Gasteiger charge is 2.30. The van der Waals surface area contributed by atoms with Crippen molar-refractivity contribution in [3.8, 4) is 0 Å². The fourth-order valence-electron chi connectivity index (χ4n) is 0.752. The third-order valence-corrected chi connectivity index (χ3v) is 1.76. The summed E-state index contributed by atoms with van der Waals surface area (Å²) < 4.78 is 0. The number of hydrogen-bond donors (Lipinski definition) is 6. The first-order chi connectivity index (χ1) is 7.75. The van der Waals surface area contributed by atoms with Crippen molar-refractivity contribution in [3.05, 3.63) is 0 Å². The smallest absolute Gasteiger partial charge is 0.337 e. The topological polar surface area (TPSA) is 154 Å². The minimum Gasteiger partial charge on any atom is -0.479 e. The van der Waals surface area contributed by atoms with Crippen LogP contribution in [0.15, 0.2) is 0 Å². The Morgan fingerprint density at radius 1 is 1.18 bits per heavy atom. The summed E-state index contributed by atoms with van der Waals surface area (Å²) in [4.78, 5) is 31.8. The fraction of sp³-hybridized carbons (Fsp3) is 0.625. The molecule has 1 unspecified atom stereocenters. The zero-order valence-corrected chi connectivity index (χ0v) is 9.32. The van der Waals surface area contributed by atoms with E-state index in [4.69, 9.17) is 10.8 Å². The summed E-state index contributed by atoms with van der Waals surface area (Å²) in [5, 5.41) is 24.6. The number of amides is 4. The van der Waals surface area contributed by atoms with Gasteiger partial charge < -0.3 is 31.9 Å². The number of carboxylic acid groups (broad SMARTS) is 1. The van der Waals surface area contributed by atoms with Crippen LogP contribution in [-0.2, 0) is 4.79 Å². The summed E-state index contributed by atoms with van der Waals surface area (Å²) in [7, 11) is 0. The summed E-state index contributed by atoms with van der Waals surface area (Å²) in [6, 6.07) is -1.36. The monoisotopic (exact) mass is 248 g/mol. The molecule has 0 aromatic heterocycles. The van der Waals surface area contributed by atoms with Crippen LogP contribution in [0, 0.1) is 0 Å². The molecule has 0 aromatic rings. The number of rotatable bonds is 6. The lowest BCUT2D eigenvalue weighted by Crippen LogP contribution is -2.50. The van der Waals surface area contributed by atoms with Crippen molar-refractivity contribution >= 4 is 18.0 Å². The quantitative estimate of drug-likeness (QED) is 0.294. The van der Waals surface area contributed by atoms with Crippen molar-refractivity contribution in [2.75, 3.05) is 19.6 Å². The molecule has 0 saturated heterocycles. The third-order valence-electron chi connectivity index (χ3n) is 1.76. The van der Waals surface area contributed by atoms with Gasteiger partial charge in [-0.15, -0.1) is 0 Å². The molecule has 0 rings (SSSR count). The van der Waals surface area contributed by atoms with E-state index in [-0.39, 0.29) is 13.1 Å². The van der Waals surface area contributed by atoms with Crippen LogP contribution in [0.1, 0.15) is 6.92 Å². The third kappa shape index (κ3) is 6.95. The average Bonchev–Trinajstić information content (AvgIpc) is 2.21. The van der Waals surface area contributed by atoms with Crippen LogP contribution >= 0.6 is 0 Å². The van der Waals surface area contributed by atoms with Gasteiger partial charge in [-0.25, -0.2) is 14.4 Å². The van der Waals surface area contributed by atoms with E-state index in [1.807, 2.05) is 0 Å². The number of nitrogens with two attached hydrogens (primary N) is 1. The van der Waals surface area contributed by atoms with Crippen LogP contribution in [0.2, 0.25) is 0 Å². The normalized spacial score (nSPS) is 13.3. The van der Waals surface area contributed by atoms with Gasteiger partial charge in [0.2, 0.25) is 0 Å². The van der Waals surface area contributed by atoms with E-state index in [0.29, 0.717) is 0 Å². The number of primary amides is 1. The molecular weight excluding hydrogens is 232 g/mol. The Kier molecular flexibility index (Phi) is 5.75. The SMILES string of the molecule is CC(O)(CNC(=O)NCCNC(N)=O)C(=O)O. The highest BCUT2D eigenvalue weighted by atomic mass is 16.4. The lowest BCUT2D eigenvalue weighted by Gasteiger charge is -2.18. The van der Waals surface area contributed by atoms with E-state index in [0.717, 1.165) is 6.92 Å². The summed E-state index contributed by atoms with van der Waals surface area (Å²) in [6.45, 7) is 0.906. The molecule has 1 atom stereocenters. The lowest BCUT2D eigenvalue weighted by atomic mass is 10.1. The number of aliphatic hydroxyl groups is 1. The van der Waals surface area contributed by atoms with E-state index < -0.39 is 30.2 Å². The Morgan fingerprint density at radius 3 is 2.18 bits per heavy atom. The molecule has 7 N–H and O–H groups in total. The molecule has 0 aromatic carbocycles. The Labute approximate surface area is 97.4 Å². The zero-order valence-electron chi connectivity index (χ0n) is 9.32. The van der Waals surface area contributed by atoms with Gasteiger partial charge >= 0.3 is 18.0 Å². The number of carbonyl (C=O) groups excluding carboxylic acids is 2. The largest absolute Gasteiger partial charge is 0.479 e. The van der Waals surface area contributed by atoms with Gasteiger partial charge in [0.1, 0.15) is 0 Å². The van der Waals surface area contributed by atoms with Crippen LogP contribution < -0.4 is 21.7 Å². The number of carboxylic acids is 1. The van der Waals surface area contributed by atoms with Crippen molar-refractivity contribution in [1.29, 1.82) is 0 Å². The van der Waals surface area contributed by atoms with Gasteiger partial charge in [0.15, 0.2) is 5.60 Å². The van der Waals surface area contributed by atoms with Crippen molar-refractivity contribution in [3.63, 3.8) is 0 Å². The van der Waals surface area contributed by atoms with E-state index >= 15 is 0 Å². The Balaban J connectivity index is 3.74. The molecule has 0 fully saturated rings. The second-order valence-corrected chi connectivity index (χ2v) is 3.48. The van der Waals surface area contributed by atoms with Crippen LogP contribution in [0.25, 0.3) is 0 Å². The molecule has 0 radical (unpaired) electrons. The van der Waals surface area contributed by atoms with Crippen LogP contribution in [0.5, 0.6) is 0 Å². The maximum Gasteiger partial charge on any atom is 0.337 e. The Bertz CT molecular complexity index is 304. The lowest BCUT2D eigenvalue weighted by molar-refractivity contribution is -0.155. The number of urea groups is 2. The molecule has 0 aliphatic carbocycles.